The van der Waals surface area contributed by atoms with Gasteiger partial charge in [-0.15, -0.1) is 0 Å². The van der Waals surface area contributed by atoms with E-state index in [9.17, 15) is 4.79 Å². The molecule has 74 valence electrons. The van der Waals surface area contributed by atoms with E-state index >= 15 is 0 Å². The molecule has 1 aliphatic heterocycles. The van der Waals surface area contributed by atoms with E-state index in [2.05, 4.69) is 5.32 Å². The van der Waals surface area contributed by atoms with Crippen LogP contribution in [-0.4, -0.2) is 37.0 Å². The lowest BCUT2D eigenvalue weighted by molar-refractivity contribution is -0.135. The molecule has 0 aromatic rings. The first-order valence-corrected chi connectivity index (χ1v) is 5.26. The molecule has 1 atom stereocenters. The van der Waals surface area contributed by atoms with E-state index in [1.165, 1.54) is 12.8 Å². The zero-order valence-corrected chi connectivity index (χ0v) is 8.25. The van der Waals surface area contributed by atoms with Gasteiger partial charge in [-0.2, -0.15) is 0 Å². The number of piperidine rings is 1. The molecule has 2 rings (SSSR count). The van der Waals surface area contributed by atoms with E-state index in [1.807, 2.05) is 11.9 Å². The lowest BCUT2D eigenvalue weighted by Crippen LogP contribution is -2.42. The van der Waals surface area contributed by atoms with Crippen molar-refractivity contribution >= 4 is 5.91 Å². The molecule has 3 heteroatoms. The Balaban J connectivity index is 1.86. The van der Waals surface area contributed by atoms with Crippen LogP contribution < -0.4 is 5.32 Å². The van der Waals surface area contributed by atoms with Crippen LogP contribution in [-0.2, 0) is 4.79 Å². The fourth-order valence-corrected chi connectivity index (χ4v) is 1.99. The first kappa shape index (κ1) is 9.00. The largest absolute Gasteiger partial charge is 0.342 e. The zero-order chi connectivity index (χ0) is 9.26. The lowest BCUT2D eigenvalue weighted by Gasteiger charge is -2.26. The van der Waals surface area contributed by atoms with Crippen molar-refractivity contribution in [1.29, 1.82) is 0 Å². The van der Waals surface area contributed by atoms with Gasteiger partial charge in [0.2, 0.25) is 5.91 Å². The summed E-state index contributed by atoms with van der Waals surface area (Å²) in [6.07, 6.45) is 4.64. The summed E-state index contributed by atoms with van der Waals surface area (Å²) in [7, 11) is 1.95. The molecule has 1 heterocycles. The lowest BCUT2D eigenvalue weighted by atomic mass is 9.98. The molecule has 0 aromatic carbocycles. The number of rotatable bonds is 2. The quantitative estimate of drug-likeness (QED) is 0.678. The second kappa shape index (κ2) is 3.66. The smallest absolute Gasteiger partial charge is 0.226 e. The highest BCUT2D eigenvalue weighted by molar-refractivity contribution is 5.79. The summed E-state index contributed by atoms with van der Waals surface area (Å²) < 4.78 is 0. The number of hydrogen-bond acceptors (Lipinski definition) is 2. The Morgan fingerprint density at radius 2 is 2.15 bits per heavy atom. The molecular formula is C10H18N2O. The topological polar surface area (TPSA) is 32.3 Å². The van der Waals surface area contributed by atoms with E-state index in [1.54, 1.807) is 0 Å². The second-order valence-electron chi connectivity index (χ2n) is 4.22. The molecule has 0 unspecified atom stereocenters. The maximum absolute atomic E-state index is 11.9. The van der Waals surface area contributed by atoms with Gasteiger partial charge < -0.3 is 10.2 Å². The van der Waals surface area contributed by atoms with E-state index in [-0.39, 0.29) is 5.92 Å². The van der Waals surface area contributed by atoms with Crippen molar-refractivity contribution in [3.63, 3.8) is 0 Å². The number of amides is 1. The summed E-state index contributed by atoms with van der Waals surface area (Å²) in [5.74, 6) is 0.606. The summed E-state index contributed by atoms with van der Waals surface area (Å²) in [6, 6.07) is 0.564. The average molecular weight is 182 g/mol. The SMILES string of the molecule is CN(C(=O)[C@@H]1CCCNC1)C1CC1. The Morgan fingerprint density at radius 1 is 1.38 bits per heavy atom. The highest BCUT2D eigenvalue weighted by Gasteiger charge is 2.33. The van der Waals surface area contributed by atoms with Crippen LogP contribution in [0.15, 0.2) is 0 Å². The van der Waals surface area contributed by atoms with Crippen LogP contribution in [0.1, 0.15) is 25.7 Å². The second-order valence-corrected chi connectivity index (χ2v) is 4.22. The van der Waals surface area contributed by atoms with Gasteiger partial charge in [0.15, 0.2) is 0 Å². The molecule has 1 saturated heterocycles. The molecule has 1 amide bonds. The molecule has 13 heavy (non-hydrogen) atoms. The molecular weight excluding hydrogens is 164 g/mol. The minimum atomic E-state index is 0.249. The Bertz CT molecular complexity index is 195. The Morgan fingerprint density at radius 3 is 2.69 bits per heavy atom. The molecule has 0 spiro atoms. The first-order valence-electron chi connectivity index (χ1n) is 5.26. The molecule has 3 nitrogen and oxygen atoms in total. The van der Waals surface area contributed by atoms with Gasteiger partial charge in [0.05, 0.1) is 5.92 Å². The third kappa shape index (κ3) is 2.02. The van der Waals surface area contributed by atoms with Crippen LogP contribution in [0.2, 0.25) is 0 Å². The van der Waals surface area contributed by atoms with Crippen molar-refractivity contribution in [2.45, 2.75) is 31.7 Å². The van der Waals surface area contributed by atoms with Gasteiger partial charge in [-0.05, 0) is 32.2 Å². The summed E-state index contributed by atoms with van der Waals surface area (Å²) in [5.41, 5.74) is 0. The Labute approximate surface area is 79.5 Å². The minimum absolute atomic E-state index is 0.249. The number of nitrogens with one attached hydrogen (secondary N) is 1. The summed E-state index contributed by atoms with van der Waals surface area (Å²) >= 11 is 0. The monoisotopic (exact) mass is 182 g/mol. The molecule has 2 aliphatic rings. The van der Waals surface area contributed by atoms with E-state index in [0.717, 1.165) is 25.9 Å². The Kier molecular flexibility index (Phi) is 2.54. The molecule has 1 saturated carbocycles. The van der Waals surface area contributed by atoms with Crippen LogP contribution in [0.25, 0.3) is 0 Å². The van der Waals surface area contributed by atoms with Crippen LogP contribution in [0.3, 0.4) is 0 Å². The van der Waals surface area contributed by atoms with Crippen molar-refractivity contribution in [2.24, 2.45) is 5.92 Å². The summed E-state index contributed by atoms with van der Waals surface area (Å²) in [4.78, 5) is 13.8. The van der Waals surface area contributed by atoms with Gasteiger partial charge in [-0.1, -0.05) is 0 Å². The third-order valence-electron chi connectivity index (χ3n) is 3.09. The van der Waals surface area contributed by atoms with Crippen LogP contribution in [0, 0.1) is 5.92 Å². The maximum atomic E-state index is 11.9. The van der Waals surface area contributed by atoms with Crippen molar-refractivity contribution < 1.29 is 4.79 Å². The van der Waals surface area contributed by atoms with Crippen molar-refractivity contribution in [2.75, 3.05) is 20.1 Å². The van der Waals surface area contributed by atoms with E-state index < -0.39 is 0 Å². The number of carbonyl (C=O) groups is 1. The molecule has 0 aromatic heterocycles. The molecule has 2 fully saturated rings. The van der Waals surface area contributed by atoms with Gasteiger partial charge in [0.1, 0.15) is 0 Å². The Hall–Kier alpha value is -0.570. The predicted molar refractivity (Wildman–Crippen MR) is 51.4 cm³/mol. The standard InChI is InChI=1S/C10H18N2O/c1-12(9-4-5-9)10(13)8-3-2-6-11-7-8/h8-9,11H,2-7H2,1H3/t8-/m1/s1. The zero-order valence-electron chi connectivity index (χ0n) is 8.25. The van der Waals surface area contributed by atoms with Crippen molar-refractivity contribution in [1.82, 2.24) is 10.2 Å². The van der Waals surface area contributed by atoms with Gasteiger partial charge in [0, 0.05) is 19.6 Å². The fourth-order valence-electron chi connectivity index (χ4n) is 1.99. The molecule has 0 bridgehead atoms. The maximum Gasteiger partial charge on any atom is 0.226 e. The number of carbonyl (C=O) groups excluding carboxylic acids is 1. The van der Waals surface area contributed by atoms with Crippen LogP contribution in [0.4, 0.5) is 0 Å². The molecule has 0 radical (unpaired) electrons. The fraction of sp³-hybridized carbons (Fsp3) is 0.900. The van der Waals surface area contributed by atoms with Crippen LogP contribution >= 0.6 is 0 Å². The van der Waals surface area contributed by atoms with E-state index in [0.29, 0.717) is 11.9 Å². The number of nitrogens with zero attached hydrogens (tertiary/aromatic N) is 1. The van der Waals surface area contributed by atoms with Gasteiger partial charge in [-0.3, -0.25) is 4.79 Å². The highest BCUT2D eigenvalue weighted by Crippen LogP contribution is 2.27. The summed E-state index contributed by atoms with van der Waals surface area (Å²) in [6.45, 7) is 1.97. The van der Waals surface area contributed by atoms with E-state index in [4.69, 9.17) is 0 Å². The average Bonchev–Trinajstić information content (AvgIpc) is 3.00. The molecule has 1 N–H and O–H groups in total. The van der Waals surface area contributed by atoms with Gasteiger partial charge in [-0.25, -0.2) is 0 Å². The highest BCUT2D eigenvalue weighted by atomic mass is 16.2. The van der Waals surface area contributed by atoms with Crippen molar-refractivity contribution in [3.05, 3.63) is 0 Å². The molecule has 1 aliphatic carbocycles. The normalized spacial score (nSPS) is 28.5. The first-order chi connectivity index (χ1) is 6.29. The van der Waals surface area contributed by atoms with Crippen LogP contribution in [0.5, 0.6) is 0 Å². The van der Waals surface area contributed by atoms with Gasteiger partial charge >= 0.3 is 0 Å². The van der Waals surface area contributed by atoms with Crippen molar-refractivity contribution in [3.8, 4) is 0 Å². The number of hydrogen-bond donors (Lipinski definition) is 1. The van der Waals surface area contributed by atoms with Gasteiger partial charge in [0.25, 0.3) is 0 Å². The minimum Gasteiger partial charge on any atom is -0.342 e. The summed E-state index contributed by atoms with van der Waals surface area (Å²) in [5, 5.41) is 3.28. The predicted octanol–water partition coefficient (Wildman–Crippen LogP) is 0.607. The third-order valence-corrected chi connectivity index (χ3v) is 3.09.